The molecule has 0 unspecified atom stereocenters. The Hall–Kier alpha value is -5.47. The minimum atomic E-state index is -0.899. The van der Waals surface area contributed by atoms with Crippen LogP contribution in [0.4, 0.5) is 10.5 Å². The normalized spacial score (nSPS) is 23.6. The Balaban J connectivity index is 1.14. The number of rotatable bonds is 19. The second-order valence-electron chi connectivity index (χ2n) is 19.6. The third kappa shape index (κ3) is 11.2. The van der Waals surface area contributed by atoms with Crippen molar-refractivity contribution in [3.8, 4) is 16.9 Å². The molecule has 0 aromatic heterocycles. The van der Waals surface area contributed by atoms with Gasteiger partial charge in [0.2, 0.25) is 5.91 Å². The van der Waals surface area contributed by atoms with Gasteiger partial charge in [0.05, 0.1) is 26.2 Å². The molecule has 354 valence electrons. The third-order valence-corrected chi connectivity index (χ3v) is 14.4. The lowest BCUT2D eigenvalue weighted by Crippen LogP contribution is -2.62. The zero-order valence-corrected chi connectivity index (χ0v) is 40.0. The first-order valence-electron chi connectivity index (χ1n) is 23.4. The van der Waals surface area contributed by atoms with Crippen molar-refractivity contribution in [2.45, 2.75) is 77.2 Å². The molecule has 13 nitrogen and oxygen atoms in total. The van der Waals surface area contributed by atoms with Crippen LogP contribution in [-0.4, -0.2) is 119 Å². The van der Waals surface area contributed by atoms with Crippen molar-refractivity contribution in [2.75, 3.05) is 66.5 Å². The first-order chi connectivity index (χ1) is 31.7. The van der Waals surface area contributed by atoms with Crippen LogP contribution in [0.3, 0.4) is 0 Å². The third-order valence-electron chi connectivity index (χ3n) is 14.4. The van der Waals surface area contributed by atoms with Crippen molar-refractivity contribution in [3.63, 3.8) is 0 Å². The molecule has 4 aliphatic rings. The first kappa shape index (κ1) is 48.5. The van der Waals surface area contributed by atoms with Gasteiger partial charge in [0.1, 0.15) is 24.5 Å². The number of anilines is 1. The van der Waals surface area contributed by atoms with E-state index >= 15 is 0 Å². The number of carbonyl (C=O) groups is 3. The van der Waals surface area contributed by atoms with Crippen LogP contribution in [0, 0.1) is 29.1 Å². The summed E-state index contributed by atoms with van der Waals surface area (Å²) in [7, 11) is 9.50. The van der Waals surface area contributed by atoms with Gasteiger partial charge in [-0.3, -0.25) is 14.4 Å². The van der Waals surface area contributed by atoms with E-state index in [1.165, 1.54) is 6.42 Å². The highest BCUT2D eigenvalue weighted by molar-refractivity contribution is 5.97. The Morgan fingerprint density at radius 2 is 1.64 bits per heavy atom. The van der Waals surface area contributed by atoms with Gasteiger partial charge in [0, 0.05) is 61.6 Å². The summed E-state index contributed by atoms with van der Waals surface area (Å²) in [5.41, 5.74) is 6.09. The molecule has 0 radical (unpaired) electrons. The van der Waals surface area contributed by atoms with E-state index in [2.05, 4.69) is 53.8 Å². The van der Waals surface area contributed by atoms with E-state index in [-0.39, 0.29) is 55.0 Å². The highest BCUT2D eigenvalue weighted by Crippen LogP contribution is 2.61. The lowest BCUT2D eigenvalue weighted by Gasteiger charge is -2.62. The number of carbonyl (C=O) groups excluding carboxylic acids is 3. The molecule has 3 aliphatic carbocycles. The number of hydroxylamine groups is 2. The Morgan fingerprint density at radius 1 is 0.924 bits per heavy atom. The molecule has 4 fully saturated rings. The number of para-hydroxylation sites is 1. The van der Waals surface area contributed by atoms with Crippen molar-refractivity contribution in [1.29, 1.82) is 0 Å². The van der Waals surface area contributed by atoms with Gasteiger partial charge in [0.25, 0.3) is 5.91 Å². The van der Waals surface area contributed by atoms with Crippen LogP contribution >= 0.6 is 0 Å². The van der Waals surface area contributed by atoms with Crippen LogP contribution in [0.2, 0.25) is 0 Å². The summed E-state index contributed by atoms with van der Waals surface area (Å²) in [5, 5.41) is 21.9. The lowest BCUT2D eigenvalue weighted by atomic mass is 9.45. The zero-order valence-electron chi connectivity index (χ0n) is 40.0. The molecule has 1 aliphatic heterocycles. The molecule has 3 amide bonds. The number of nitrogens with zero attached hydrogens (tertiary/aromatic N) is 3. The molecule has 4 N–H and O–H groups in total. The fraction of sp³-hybridized carbons (Fsp3) is 0.491. The number of methoxy groups -OCH3 is 1. The number of benzene rings is 4. The molecule has 3 saturated carbocycles. The van der Waals surface area contributed by atoms with Gasteiger partial charge in [0.15, 0.2) is 0 Å². The molecule has 4 aromatic rings. The van der Waals surface area contributed by atoms with Crippen molar-refractivity contribution in [1.82, 2.24) is 25.9 Å². The van der Waals surface area contributed by atoms with Crippen molar-refractivity contribution >= 4 is 23.6 Å². The predicted molar refractivity (Wildman–Crippen MR) is 258 cm³/mol. The second-order valence-corrected chi connectivity index (χ2v) is 19.6. The van der Waals surface area contributed by atoms with Crippen LogP contribution in [-0.2, 0) is 33.8 Å². The van der Waals surface area contributed by atoms with Crippen LogP contribution < -0.4 is 25.6 Å². The van der Waals surface area contributed by atoms with E-state index in [0.29, 0.717) is 49.1 Å². The number of nitrogens with one attached hydrogen (secondary N) is 3. The number of aliphatic hydroxyl groups excluding tert-OH is 1. The van der Waals surface area contributed by atoms with E-state index in [1.54, 1.807) is 12.2 Å². The van der Waals surface area contributed by atoms with Gasteiger partial charge in [-0.05, 0) is 97.8 Å². The second kappa shape index (κ2) is 21.4. The van der Waals surface area contributed by atoms with Gasteiger partial charge < -0.3 is 40.3 Å². The molecule has 8 rings (SSSR count). The fourth-order valence-corrected chi connectivity index (χ4v) is 10.6. The van der Waals surface area contributed by atoms with Crippen LogP contribution in [0.15, 0.2) is 97.1 Å². The Labute approximate surface area is 391 Å². The molecule has 66 heavy (non-hydrogen) atoms. The topological polar surface area (TPSA) is 145 Å². The number of hydrogen-bond donors (Lipinski definition) is 4. The van der Waals surface area contributed by atoms with E-state index in [0.717, 1.165) is 39.9 Å². The standard InChI is InChI=1S/C53H70N6O7/c1-34-45-28-40(53(45,2)3)29-46(34)56-51(62)48-44(33-65-52(63)54-23-22-35-16-11-9-12-17-35)47(32-60)66-59(48)30-37-20-15-21-43(49(37)64-8)38-25-39(27-42(26-38)58(6)7)50(61)55-41(31-57(4)5)24-36-18-13-10-14-19-36/h9-21,25-27,34,40-41,44-48,60H,22-24,28-33H2,1-8H3,(H,54,63)(H,55,61)(H,56,62)/t34-,40+,41-,44+,45-,46-,47-,48-/m0/s1. The van der Waals surface area contributed by atoms with Gasteiger partial charge in [-0.15, -0.1) is 0 Å². The number of amides is 3. The van der Waals surface area contributed by atoms with Crippen LogP contribution in [0.25, 0.3) is 11.1 Å². The average molecular weight is 903 g/mol. The Bertz CT molecular complexity index is 2270. The van der Waals surface area contributed by atoms with E-state index in [1.807, 2.05) is 118 Å². The molecule has 0 spiro atoms. The molecule has 2 bridgehead atoms. The molecule has 4 aromatic carbocycles. The number of fused-ring (bicyclic) bond motifs is 2. The summed E-state index contributed by atoms with van der Waals surface area (Å²) < 4.78 is 12.0. The molecular weight excluding hydrogens is 833 g/mol. The summed E-state index contributed by atoms with van der Waals surface area (Å²) in [4.78, 5) is 52.4. The van der Waals surface area contributed by atoms with Crippen molar-refractivity contribution < 1.29 is 33.8 Å². The monoisotopic (exact) mass is 903 g/mol. The van der Waals surface area contributed by atoms with E-state index in [4.69, 9.17) is 14.3 Å². The van der Waals surface area contributed by atoms with Gasteiger partial charge >= 0.3 is 6.09 Å². The molecular formula is C53H70N6O7. The first-order valence-corrected chi connectivity index (χ1v) is 23.4. The number of aliphatic hydroxyl groups is 1. The summed E-state index contributed by atoms with van der Waals surface area (Å²) in [5.74, 6) is 0.793. The van der Waals surface area contributed by atoms with Crippen molar-refractivity contribution in [2.24, 2.45) is 29.1 Å². The molecule has 13 heteroatoms. The highest BCUT2D eigenvalue weighted by Gasteiger charge is 2.57. The minimum absolute atomic E-state index is 0.0168. The lowest BCUT2D eigenvalue weighted by molar-refractivity contribution is -0.183. The maximum absolute atomic E-state index is 14.7. The Kier molecular flexibility index (Phi) is 15.7. The smallest absolute Gasteiger partial charge is 0.407 e. The quantitative estimate of drug-likeness (QED) is 0.0815. The summed E-state index contributed by atoms with van der Waals surface area (Å²) in [6, 6.07) is 30.6. The van der Waals surface area contributed by atoms with Gasteiger partial charge in [-0.2, -0.15) is 5.06 Å². The molecule has 8 atom stereocenters. The number of hydrogen-bond acceptors (Lipinski definition) is 10. The van der Waals surface area contributed by atoms with Crippen molar-refractivity contribution in [3.05, 3.63) is 119 Å². The summed E-state index contributed by atoms with van der Waals surface area (Å²) >= 11 is 0. The van der Waals surface area contributed by atoms with Gasteiger partial charge in [-0.25, -0.2) is 4.79 Å². The van der Waals surface area contributed by atoms with Crippen LogP contribution in [0.1, 0.15) is 60.7 Å². The minimum Gasteiger partial charge on any atom is -0.496 e. The maximum Gasteiger partial charge on any atom is 0.407 e. The largest absolute Gasteiger partial charge is 0.496 e. The molecule has 1 heterocycles. The van der Waals surface area contributed by atoms with Gasteiger partial charge in [-0.1, -0.05) is 99.6 Å². The predicted octanol–water partition coefficient (Wildman–Crippen LogP) is 6.58. The molecule has 1 saturated heterocycles. The fourth-order valence-electron chi connectivity index (χ4n) is 10.6. The van der Waals surface area contributed by atoms with Crippen LogP contribution in [0.5, 0.6) is 5.75 Å². The Morgan fingerprint density at radius 3 is 2.27 bits per heavy atom. The summed E-state index contributed by atoms with van der Waals surface area (Å²) in [6.07, 6.45) is 1.97. The number of alkyl carbamates (subject to hydrolysis) is 1. The number of ether oxygens (including phenoxy) is 2. The maximum atomic E-state index is 14.7. The zero-order chi connectivity index (χ0) is 47.1. The number of likely N-dealkylation sites (N-methyl/N-ethyl adjacent to an activating group) is 1. The van der Waals surface area contributed by atoms with E-state index in [9.17, 15) is 19.5 Å². The average Bonchev–Trinajstić information content (AvgIpc) is 3.65. The highest BCUT2D eigenvalue weighted by atomic mass is 16.7. The van der Waals surface area contributed by atoms with E-state index < -0.39 is 24.2 Å². The summed E-state index contributed by atoms with van der Waals surface area (Å²) in [6.45, 7) is 7.54. The SMILES string of the molecule is COc1c(CN2O[C@@H](CO)[C@@H](COC(=O)NCCc3ccccc3)[C@H]2C(=O)N[C@H]2C[C@H]3C[C@@H]([C@@H]2C)C3(C)C)cccc1-c1cc(C(=O)N[C@@H](Cc2ccccc2)CN(C)C)cc(N(C)C)c1.